The summed E-state index contributed by atoms with van der Waals surface area (Å²) in [6.45, 7) is 1.45. The van der Waals surface area contributed by atoms with Crippen molar-refractivity contribution < 1.29 is 23.9 Å². The minimum absolute atomic E-state index is 0.0175. The zero-order valence-corrected chi connectivity index (χ0v) is 14.8. The molecule has 0 saturated heterocycles. The van der Waals surface area contributed by atoms with Gasteiger partial charge >= 0.3 is 5.97 Å². The number of benzene rings is 1. The van der Waals surface area contributed by atoms with Gasteiger partial charge in [-0.15, -0.1) is 0 Å². The van der Waals surface area contributed by atoms with Crippen molar-refractivity contribution in [3.63, 3.8) is 0 Å². The van der Waals surface area contributed by atoms with Crippen molar-refractivity contribution in [2.24, 2.45) is 0 Å². The smallest absolute Gasteiger partial charge is 0.328 e. The summed E-state index contributed by atoms with van der Waals surface area (Å²) in [4.78, 5) is 47.8. The molecule has 0 saturated carbocycles. The number of methoxy groups -OCH3 is 1. The van der Waals surface area contributed by atoms with E-state index in [2.05, 4.69) is 16.0 Å². The predicted octanol–water partition coefficient (Wildman–Crippen LogP) is -0.546. The van der Waals surface area contributed by atoms with Gasteiger partial charge in [0, 0.05) is 32.7 Å². The van der Waals surface area contributed by atoms with Crippen LogP contribution in [0.25, 0.3) is 0 Å². The summed E-state index contributed by atoms with van der Waals surface area (Å²) in [7, 11) is 1.27. The Morgan fingerprint density at radius 1 is 1.19 bits per heavy atom. The summed E-state index contributed by atoms with van der Waals surface area (Å²) < 4.78 is 4.77. The maximum Gasteiger partial charge on any atom is 0.328 e. The Bertz CT molecular complexity index is 693. The Morgan fingerprint density at radius 2 is 1.88 bits per heavy atom. The van der Waals surface area contributed by atoms with Crippen LogP contribution in [0, 0.1) is 0 Å². The van der Waals surface area contributed by atoms with Crippen LogP contribution in [-0.2, 0) is 36.8 Å². The van der Waals surface area contributed by atoms with Crippen LogP contribution in [0.2, 0.25) is 0 Å². The van der Waals surface area contributed by atoms with Crippen molar-refractivity contribution >= 4 is 23.7 Å². The molecule has 2 atom stereocenters. The minimum Gasteiger partial charge on any atom is -0.467 e. The minimum atomic E-state index is -0.801. The van der Waals surface area contributed by atoms with Crippen molar-refractivity contribution in [2.75, 3.05) is 13.7 Å². The fraction of sp³-hybridized carbons (Fsp3) is 0.444. The SMILES string of the molecule is COC(=O)C1Cc2cccc(c2)CC(NC(C)=O)C(=O)NCCC(=O)N1. The van der Waals surface area contributed by atoms with Crippen molar-refractivity contribution in [1.29, 1.82) is 0 Å². The third kappa shape index (κ3) is 5.58. The Balaban J connectivity index is 2.31. The molecule has 1 aromatic rings. The molecule has 26 heavy (non-hydrogen) atoms. The van der Waals surface area contributed by atoms with E-state index in [0.717, 1.165) is 11.1 Å². The summed E-state index contributed by atoms with van der Waals surface area (Å²) in [5.74, 6) is -1.57. The van der Waals surface area contributed by atoms with Crippen molar-refractivity contribution in [3.05, 3.63) is 35.4 Å². The van der Waals surface area contributed by atoms with Crippen LogP contribution in [0.3, 0.4) is 0 Å². The van der Waals surface area contributed by atoms with Crippen LogP contribution in [0.4, 0.5) is 0 Å². The number of esters is 1. The molecule has 8 heteroatoms. The summed E-state index contributed by atoms with van der Waals surface area (Å²) >= 11 is 0. The molecule has 1 aliphatic rings. The van der Waals surface area contributed by atoms with E-state index < -0.39 is 18.1 Å². The first-order chi connectivity index (χ1) is 12.4. The molecule has 0 aliphatic carbocycles. The van der Waals surface area contributed by atoms with Crippen LogP contribution in [0.15, 0.2) is 24.3 Å². The molecule has 8 nitrogen and oxygen atoms in total. The zero-order chi connectivity index (χ0) is 19.1. The van der Waals surface area contributed by atoms with E-state index in [0.29, 0.717) is 6.42 Å². The third-order valence-corrected chi connectivity index (χ3v) is 4.04. The Morgan fingerprint density at radius 3 is 2.54 bits per heavy atom. The second-order valence-corrected chi connectivity index (χ2v) is 6.17. The number of ether oxygens (including phenoxy) is 1. The summed E-state index contributed by atoms with van der Waals surface area (Å²) in [6, 6.07) is 5.80. The molecule has 140 valence electrons. The fourth-order valence-corrected chi connectivity index (χ4v) is 2.83. The summed E-state index contributed by atoms with van der Waals surface area (Å²) in [6.07, 6.45) is 0.603. The van der Waals surface area contributed by atoms with Crippen molar-refractivity contribution in [2.45, 2.75) is 38.3 Å². The lowest BCUT2D eigenvalue weighted by Crippen LogP contribution is -2.48. The van der Waals surface area contributed by atoms with Crippen molar-refractivity contribution in [1.82, 2.24) is 16.0 Å². The number of nitrogens with one attached hydrogen (secondary N) is 3. The average molecular weight is 361 g/mol. The van der Waals surface area contributed by atoms with Crippen LogP contribution in [0.5, 0.6) is 0 Å². The van der Waals surface area contributed by atoms with Gasteiger partial charge in [0.25, 0.3) is 0 Å². The topological polar surface area (TPSA) is 114 Å². The first kappa shape index (κ1) is 19.4. The normalized spacial score (nSPS) is 21.2. The number of rotatable bonds is 2. The highest BCUT2D eigenvalue weighted by atomic mass is 16.5. The lowest BCUT2D eigenvalue weighted by atomic mass is 9.99. The highest BCUT2D eigenvalue weighted by Crippen LogP contribution is 2.12. The molecule has 0 spiro atoms. The Labute approximate surface area is 151 Å². The molecule has 0 radical (unpaired) electrons. The molecule has 1 aromatic carbocycles. The summed E-state index contributed by atoms with van der Waals surface area (Å²) in [5.41, 5.74) is 1.66. The predicted molar refractivity (Wildman–Crippen MR) is 93.0 cm³/mol. The van der Waals surface area contributed by atoms with Gasteiger partial charge in [-0.25, -0.2) is 4.79 Å². The van der Waals surface area contributed by atoms with Gasteiger partial charge in [-0.3, -0.25) is 14.4 Å². The largest absolute Gasteiger partial charge is 0.467 e. The van der Waals surface area contributed by atoms with E-state index in [1.165, 1.54) is 14.0 Å². The molecule has 1 aliphatic heterocycles. The lowest BCUT2D eigenvalue weighted by Gasteiger charge is -2.18. The van der Waals surface area contributed by atoms with E-state index in [1.54, 1.807) is 0 Å². The molecule has 1 heterocycles. The van der Waals surface area contributed by atoms with Crippen LogP contribution < -0.4 is 16.0 Å². The molecule has 0 aromatic heterocycles. The van der Waals surface area contributed by atoms with Gasteiger partial charge in [0.15, 0.2) is 0 Å². The first-order valence-corrected chi connectivity index (χ1v) is 8.39. The van der Waals surface area contributed by atoms with Gasteiger partial charge < -0.3 is 20.7 Å². The highest BCUT2D eigenvalue weighted by molar-refractivity contribution is 5.88. The maximum atomic E-state index is 12.3. The van der Waals surface area contributed by atoms with Gasteiger partial charge in [0.1, 0.15) is 12.1 Å². The molecule has 2 rings (SSSR count). The number of hydrogen-bond acceptors (Lipinski definition) is 5. The van der Waals surface area contributed by atoms with E-state index in [-0.39, 0.29) is 37.1 Å². The number of amides is 3. The Hall–Kier alpha value is -2.90. The van der Waals surface area contributed by atoms with Gasteiger partial charge in [-0.2, -0.15) is 0 Å². The highest BCUT2D eigenvalue weighted by Gasteiger charge is 2.24. The van der Waals surface area contributed by atoms with Gasteiger partial charge in [-0.1, -0.05) is 24.3 Å². The third-order valence-electron chi connectivity index (χ3n) is 4.04. The van der Waals surface area contributed by atoms with E-state index in [1.807, 2.05) is 24.3 Å². The van der Waals surface area contributed by atoms with Crippen LogP contribution in [0.1, 0.15) is 24.5 Å². The molecule has 0 fully saturated rings. The van der Waals surface area contributed by atoms with E-state index in [9.17, 15) is 19.2 Å². The lowest BCUT2D eigenvalue weighted by molar-refractivity contribution is -0.145. The standard InChI is InChI=1S/C18H23N3O5/c1-11(22)20-14-9-12-4-3-5-13(8-12)10-15(18(25)26-2)21-16(23)6-7-19-17(14)24/h3-5,8,14-15H,6-7,9-10H2,1-2H3,(H,19,24)(H,20,22)(H,21,23). The maximum absolute atomic E-state index is 12.3. The second-order valence-electron chi connectivity index (χ2n) is 6.17. The van der Waals surface area contributed by atoms with Crippen LogP contribution in [-0.4, -0.2) is 49.4 Å². The molecule has 3 N–H and O–H groups in total. The second kappa shape index (κ2) is 8.98. The molecular formula is C18H23N3O5. The molecule has 2 bridgehead atoms. The van der Waals surface area contributed by atoms with Gasteiger partial charge in [-0.05, 0) is 11.1 Å². The first-order valence-electron chi connectivity index (χ1n) is 8.39. The number of carbonyl (C=O) groups is 4. The van der Waals surface area contributed by atoms with E-state index >= 15 is 0 Å². The molecular weight excluding hydrogens is 338 g/mol. The zero-order valence-electron chi connectivity index (χ0n) is 14.8. The number of hydrogen-bond donors (Lipinski definition) is 3. The van der Waals surface area contributed by atoms with E-state index in [4.69, 9.17) is 4.74 Å². The van der Waals surface area contributed by atoms with Gasteiger partial charge in [0.2, 0.25) is 17.7 Å². The molecule has 2 unspecified atom stereocenters. The fourth-order valence-electron chi connectivity index (χ4n) is 2.83. The number of fused-ring (bicyclic) bond motifs is 2. The quantitative estimate of drug-likeness (QED) is 0.612. The van der Waals surface area contributed by atoms with Gasteiger partial charge in [0.05, 0.1) is 7.11 Å². The van der Waals surface area contributed by atoms with Crippen LogP contribution >= 0.6 is 0 Å². The molecule has 3 amide bonds. The number of carbonyl (C=O) groups excluding carboxylic acids is 4. The van der Waals surface area contributed by atoms with Crippen molar-refractivity contribution in [3.8, 4) is 0 Å². The summed E-state index contributed by atoms with van der Waals surface area (Å²) in [5, 5.41) is 7.91. The average Bonchev–Trinajstić information content (AvgIpc) is 2.59. The Kier molecular flexibility index (Phi) is 6.71. The monoisotopic (exact) mass is 361 g/mol.